The van der Waals surface area contributed by atoms with Crippen molar-refractivity contribution in [2.75, 3.05) is 6.38 Å². The molecule has 0 unspecified atom stereocenters. The maximum atomic E-state index is 12.1. The van der Waals surface area contributed by atoms with Crippen LogP contribution in [0.15, 0.2) is 24.3 Å². The van der Waals surface area contributed by atoms with Crippen molar-refractivity contribution in [3.05, 3.63) is 35.6 Å². The van der Waals surface area contributed by atoms with Crippen LogP contribution in [0.2, 0.25) is 0 Å². The molecule has 0 amide bonds. The van der Waals surface area contributed by atoms with Gasteiger partial charge in [-0.3, -0.25) is 0 Å². The van der Waals surface area contributed by atoms with E-state index in [2.05, 4.69) is 11.6 Å². The fourth-order valence-corrected chi connectivity index (χ4v) is 0.533. The molecule has 0 bridgehead atoms. The van der Waals surface area contributed by atoms with Crippen molar-refractivity contribution >= 4 is 11.6 Å². The van der Waals surface area contributed by atoms with Gasteiger partial charge in [-0.2, -0.15) is 0 Å². The van der Waals surface area contributed by atoms with Crippen molar-refractivity contribution < 1.29 is 4.39 Å². The first-order chi connectivity index (χ1) is 4.79. The maximum Gasteiger partial charge on any atom is 0.123 e. The monoisotopic (exact) mass is 160 g/mol. The Morgan fingerprint density at radius 3 is 1.80 bits per heavy atom. The van der Waals surface area contributed by atoms with Gasteiger partial charge in [-0.1, -0.05) is 17.7 Å². The number of hydrogen-bond donors (Lipinski definition) is 0. The topological polar surface area (TPSA) is 0 Å². The molecule has 10 heavy (non-hydrogen) atoms. The summed E-state index contributed by atoms with van der Waals surface area (Å²) in [6.45, 7) is 1.93. The van der Waals surface area contributed by atoms with Crippen molar-refractivity contribution in [2.24, 2.45) is 0 Å². The molecule has 0 heterocycles. The summed E-state index contributed by atoms with van der Waals surface area (Å²) in [5.74, 6) is -0.171. The zero-order chi connectivity index (χ0) is 7.98. The van der Waals surface area contributed by atoms with E-state index >= 15 is 0 Å². The Morgan fingerprint density at radius 1 is 1.10 bits per heavy atom. The van der Waals surface area contributed by atoms with Gasteiger partial charge in [0, 0.05) is 6.38 Å². The fraction of sp³-hybridized carbons (Fsp3) is 0.250. The van der Waals surface area contributed by atoms with Crippen LogP contribution in [0, 0.1) is 12.7 Å². The Kier molecular flexibility index (Phi) is 4.95. The van der Waals surface area contributed by atoms with Crippen molar-refractivity contribution in [2.45, 2.75) is 6.92 Å². The summed E-state index contributed by atoms with van der Waals surface area (Å²) >= 11 is 4.64. The molecular formula is C8H10ClF. The van der Waals surface area contributed by atoms with Gasteiger partial charge in [0.1, 0.15) is 5.82 Å². The number of rotatable bonds is 0. The molecule has 0 aliphatic carbocycles. The molecule has 0 radical (unpaired) electrons. The van der Waals surface area contributed by atoms with Crippen molar-refractivity contribution in [3.63, 3.8) is 0 Å². The van der Waals surface area contributed by atoms with Gasteiger partial charge in [0.05, 0.1) is 0 Å². The van der Waals surface area contributed by atoms with Crippen molar-refractivity contribution in [1.29, 1.82) is 0 Å². The zero-order valence-electron chi connectivity index (χ0n) is 6.07. The van der Waals surface area contributed by atoms with Gasteiger partial charge in [0.25, 0.3) is 0 Å². The molecule has 2 heteroatoms. The molecule has 1 aromatic carbocycles. The lowest BCUT2D eigenvalue weighted by molar-refractivity contribution is 0.627. The quantitative estimate of drug-likeness (QED) is 0.512. The van der Waals surface area contributed by atoms with Crippen LogP contribution < -0.4 is 0 Å². The minimum Gasteiger partial charge on any atom is -0.207 e. The highest BCUT2D eigenvalue weighted by molar-refractivity contribution is 6.15. The predicted molar refractivity (Wildman–Crippen MR) is 42.9 cm³/mol. The Morgan fingerprint density at radius 2 is 1.50 bits per heavy atom. The van der Waals surface area contributed by atoms with Crippen LogP contribution in [0.1, 0.15) is 5.56 Å². The smallest absolute Gasteiger partial charge is 0.123 e. The summed E-state index contributed by atoms with van der Waals surface area (Å²) in [7, 11) is 0. The Hall–Kier alpha value is -0.560. The zero-order valence-corrected chi connectivity index (χ0v) is 6.82. The normalized spacial score (nSPS) is 8.00. The summed E-state index contributed by atoms with van der Waals surface area (Å²) in [5, 5.41) is 0. The average Bonchev–Trinajstić information content (AvgIpc) is 2.00. The van der Waals surface area contributed by atoms with E-state index in [4.69, 9.17) is 0 Å². The largest absolute Gasteiger partial charge is 0.207 e. The summed E-state index contributed by atoms with van der Waals surface area (Å²) in [4.78, 5) is 0. The Labute approximate surface area is 65.6 Å². The van der Waals surface area contributed by atoms with Crippen molar-refractivity contribution in [1.82, 2.24) is 0 Å². The third-order valence-electron chi connectivity index (χ3n) is 1.01. The van der Waals surface area contributed by atoms with Gasteiger partial charge in [0.15, 0.2) is 0 Å². The summed E-state index contributed by atoms with van der Waals surface area (Å²) in [6, 6.07) is 6.40. The SMILES string of the molecule is CCl.Cc1ccc(F)cc1. The second-order valence-corrected chi connectivity index (χ2v) is 1.80. The van der Waals surface area contributed by atoms with Crippen LogP contribution >= 0.6 is 11.6 Å². The number of halogens is 2. The van der Waals surface area contributed by atoms with Gasteiger partial charge in [0.2, 0.25) is 0 Å². The predicted octanol–water partition coefficient (Wildman–Crippen LogP) is 2.99. The lowest BCUT2D eigenvalue weighted by Gasteiger charge is -1.87. The van der Waals surface area contributed by atoms with Crippen LogP contribution in [-0.4, -0.2) is 6.38 Å². The van der Waals surface area contributed by atoms with Crippen LogP contribution in [0.4, 0.5) is 4.39 Å². The van der Waals surface area contributed by atoms with Crippen LogP contribution in [0.3, 0.4) is 0 Å². The van der Waals surface area contributed by atoms with Crippen LogP contribution in [0.5, 0.6) is 0 Å². The maximum absolute atomic E-state index is 12.1. The summed E-state index contributed by atoms with van der Waals surface area (Å²) in [5.41, 5.74) is 1.09. The van der Waals surface area contributed by atoms with Gasteiger partial charge < -0.3 is 0 Å². The lowest BCUT2D eigenvalue weighted by Crippen LogP contribution is -1.71. The standard InChI is InChI=1S/C7H7F.CH3Cl/c1-6-2-4-7(8)5-3-6;1-2/h2-5H,1H3;1H3. The molecule has 0 fully saturated rings. The molecule has 0 atom stereocenters. The molecule has 0 spiro atoms. The van der Waals surface area contributed by atoms with E-state index in [-0.39, 0.29) is 5.82 Å². The van der Waals surface area contributed by atoms with E-state index in [1.807, 2.05) is 6.92 Å². The first kappa shape index (κ1) is 9.44. The molecule has 56 valence electrons. The average molecular weight is 161 g/mol. The number of aryl methyl sites for hydroxylation is 1. The number of alkyl halides is 1. The second-order valence-electron chi connectivity index (χ2n) is 1.80. The van der Waals surface area contributed by atoms with E-state index in [0.29, 0.717) is 0 Å². The van der Waals surface area contributed by atoms with Crippen LogP contribution in [0.25, 0.3) is 0 Å². The Bertz CT molecular complexity index is 148. The van der Waals surface area contributed by atoms with E-state index in [9.17, 15) is 4.39 Å². The van der Waals surface area contributed by atoms with Crippen LogP contribution in [-0.2, 0) is 0 Å². The Balaban J connectivity index is 0.000000371. The number of benzene rings is 1. The van der Waals surface area contributed by atoms with Gasteiger partial charge in [-0.25, -0.2) is 4.39 Å². The lowest BCUT2D eigenvalue weighted by atomic mass is 10.2. The molecule has 0 aliphatic heterocycles. The molecular weight excluding hydrogens is 151 g/mol. The van der Waals surface area contributed by atoms with Gasteiger partial charge >= 0.3 is 0 Å². The van der Waals surface area contributed by atoms with E-state index in [1.54, 1.807) is 12.1 Å². The van der Waals surface area contributed by atoms with E-state index < -0.39 is 0 Å². The molecule has 1 rings (SSSR count). The fourth-order valence-electron chi connectivity index (χ4n) is 0.533. The summed E-state index contributed by atoms with van der Waals surface area (Å²) < 4.78 is 12.1. The highest BCUT2D eigenvalue weighted by Gasteiger charge is 1.83. The third kappa shape index (κ3) is 3.46. The molecule has 0 aromatic heterocycles. The number of hydrogen-bond acceptors (Lipinski definition) is 0. The molecule has 0 nitrogen and oxygen atoms in total. The van der Waals surface area contributed by atoms with E-state index in [0.717, 1.165) is 5.56 Å². The molecule has 0 aliphatic rings. The first-order valence-electron chi connectivity index (χ1n) is 2.89. The molecule has 0 N–H and O–H groups in total. The minimum absolute atomic E-state index is 0.171. The molecule has 0 saturated carbocycles. The highest BCUT2D eigenvalue weighted by atomic mass is 35.5. The van der Waals surface area contributed by atoms with Gasteiger partial charge in [-0.15, -0.1) is 11.6 Å². The second kappa shape index (κ2) is 5.24. The summed E-state index contributed by atoms with van der Waals surface area (Å²) in [6.07, 6.45) is 1.47. The highest BCUT2D eigenvalue weighted by Crippen LogP contribution is 1.98. The first-order valence-corrected chi connectivity index (χ1v) is 3.64. The van der Waals surface area contributed by atoms with E-state index in [1.165, 1.54) is 18.5 Å². The molecule has 1 aromatic rings. The van der Waals surface area contributed by atoms with Crippen molar-refractivity contribution in [3.8, 4) is 0 Å². The third-order valence-corrected chi connectivity index (χ3v) is 1.01. The molecule has 0 saturated heterocycles. The minimum atomic E-state index is -0.171. The van der Waals surface area contributed by atoms with Gasteiger partial charge in [-0.05, 0) is 19.1 Å².